The van der Waals surface area contributed by atoms with Crippen LogP contribution in [0.15, 0.2) is 47.0 Å². The molecular weight excluding hydrogens is 350 g/mol. The second kappa shape index (κ2) is 8.54. The fraction of sp³-hybridized carbons (Fsp3) is 0.200. The summed E-state index contributed by atoms with van der Waals surface area (Å²) in [6.07, 6.45) is 1.60. The van der Waals surface area contributed by atoms with Crippen molar-refractivity contribution in [2.75, 3.05) is 5.32 Å². The van der Waals surface area contributed by atoms with Gasteiger partial charge in [-0.3, -0.25) is 4.79 Å². The molecule has 26 heavy (non-hydrogen) atoms. The van der Waals surface area contributed by atoms with Crippen molar-refractivity contribution in [2.24, 2.45) is 5.73 Å². The Hall–Kier alpha value is -2.79. The summed E-state index contributed by atoms with van der Waals surface area (Å²) < 4.78 is 5.71. The van der Waals surface area contributed by atoms with Gasteiger partial charge in [-0.2, -0.15) is 0 Å². The lowest BCUT2D eigenvalue weighted by Crippen LogP contribution is -2.11. The molecule has 0 bridgehead atoms. The second-order valence-electron chi connectivity index (χ2n) is 5.59. The van der Waals surface area contributed by atoms with Crippen LogP contribution in [-0.4, -0.2) is 10.9 Å². The van der Waals surface area contributed by atoms with Crippen LogP contribution in [0.2, 0.25) is 5.02 Å². The summed E-state index contributed by atoms with van der Waals surface area (Å²) in [5.74, 6) is -0.0268. The van der Waals surface area contributed by atoms with Crippen LogP contribution in [0.4, 0.5) is 11.7 Å². The van der Waals surface area contributed by atoms with E-state index in [1.165, 1.54) is 0 Å². The number of nitrogens with two attached hydrogens (primary N) is 1. The van der Waals surface area contributed by atoms with Crippen LogP contribution < -0.4 is 11.1 Å². The van der Waals surface area contributed by atoms with E-state index in [0.29, 0.717) is 17.3 Å². The van der Waals surface area contributed by atoms with Gasteiger partial charge in [-0.25, -0.2) is 4.98 Å². The van der Waals surface area contributed by atoms with E-state index in [4.69, 9.17) is 21.8 Å². The predicted molar refractivity (Wildman–Crippen MR) is 106 cm³/mol. The summed E-state index contributed by atoms with van der Waals surface area (Å²) in [4.78, 5) is 15.4. The van der Waals surface area contributed by atoms with Gasteiger partial charge in [0.25, 0.3) is 6.01 Å². The molecule has 5 nitrogen and oxygen atoms in total. The molecule has 0 radical (unpaired) electrons. The van der Waals surface area contributed by atoms with E-state index >= 15 is 0 Å². The number of hydrogen-bond donors (Lipinski definition) is 2. The number of rotatable bonds is 4. The number of oxazole rings is 1. The normalized spacial score (nSPS) is 10.0. The number of aryl methyl sites for hydroxylation is 2. The van der Waals surface area contributed by atoms with Gasteiger partial charge in [0.05, 0.1) is 16.8 Å². The van der Waals surface area contributed by atoms with Crippen LogP contribution in [-0.2, 0) is 0 Å². The first-order chi connectivity index (χ1) is 12.4. The Labute approximate surface area is 158 Å². The van der Waals surface area contributed by atoms with Crippen molar-refractivity contribution < 1.29 is 9.21 Å². The van der Waals surface area contributed by atoms with Gasteiger partial charge in [0, 0.05) is 11.3 Å². The number of anilines is 2. The molecule has 136 valence electrons. The molecule has 1 aromatic heterocycles. The van der Waals surface area contributed by atoms with Gasteiger partial charge in [-0.1, -0.05) is 37.6 Å². The zero-order valence-electron chi connectivity index (χ0n) is 15.3. The Bertz CT molecular complexity index is 899. The highest BCUT2D eigenvalue weighted by Crippen LogP contribution is 2.28. The first-order valence-corrected chi connectivity index (χ1v) is 8.71. The molecule has 0 aliphatic heterocycles. The number of carbonyl (C=O) groups excluding carboxylic acids is 1. The SMILES string of the molecule is CC.Cc1cc(C)cc(Nc2ncc(-c3ccc(C(N)=O)c(Cl)c3)o2)c1. The topological polar surface area (TPSA) is 81.1 Å². The highest BCUT2D eigenvalue weighted by Gasteiger charge is 2.11. The molecule has 1 heterocycles. The van der Waals surface area contributed by atoms with Crippen molar-refractivity contribution in [3.05, 3.63) is 64.3 Å². The van der Waals surface area contributed by atoms with Gasteiger partial charge in [0.1, 0.15) is 0 Å². The third kappa shape index (κ3) is 4.64. The van der Waals surface area contributed by atoms with Crippen LogP contribution in [0.3, 0.4) is 0 Å². The minimum atomic E-state index is -0.568. The van der Waals surface area contributed by atoms with Crippen LogP contribution in [0.25, 0.3) is 11.3 Å². The van der Waals surface area contributed by atoms with E-state index in [1.807, 2.05) is 39.8 Å². The van der Waals surface area contributed by atoms with E-state index in [1.54, 1.807) is 24.4 Å². The Morgan fingerprint density at radius 2 is 1.77 bits per heavy atom. The molecule has 0 aliphatic rings. The molecule has 0 unspecified atom stereocenters. The molecule has 0 atom stereocenters. The molecular formula is C20H22ClN3O2. The van der Waals surface area contributed by atoms with Crippen molar-refractivity contribution in [3.63, 3.8) is 0 Å². The first kappa shape index (κ1) is 19.5. The lowest BCUT2D eigenvalue weighted by Gasteiger charge is -2.05. The largest absolute Gasteiger partial charge is 0.423 e. The van der Waals surface area contributed by atoms with E-state index in [2.05, 4.69) is 16.4 Å². The molecule has 3 N–H and O–H groups in total. The second-order valence-corrected chi connectivity index (χ2v) is 6.00. The van der Waals surface area contributed by atoms with Crippen molar-refractivity contribution in [3.8, 4) is 11.3 Å². The van der Waals surface area contributed by atoms with Gasteiger partial charge < -0.3 is 15.5 Å². The average Bonchev–Trinajstić information content (AvgIpc) is 3.03. The van der Waals surface area contributed by atoms with Crippen molar-refractivity contribution in [2.45, 2.75) is 27.7 Å². The number of aromatic nitrogens is 1. The fourth-order valence-corrected chi connectivity index (χ4v) is 2.78. The summed E-state index contributed by atoms with van der Waals surface area (Å²) in [6, 6.07) is 11.4. The summed E-state index contributed by atoms with van der Waals surface area (Å²) in [5, 5.41) is 3.41. The fourth-order valence-electron chi connectivity index (χ4n) is 2.50. The number of primary amides is 1. The Morgan fingerprint density at radius 1 is 1.12 bits per heavy atom. The quantitative estimate of drug-likeness (QED) is 0.636. The Kier molecular flexibility index (Phi) is 6.41. The molecule has 1 amide bonds. The van der Waals surface area contributed by atoms with Crippen LogP contribution in [0.1, 0.15) is 35.3 Å². The third-order valence-corrected chi connectivity index (χ3v) is 3.81. The maximum atomic E-state index is 11.2. The van der Waals surface area contributed by atoms with Crippen LogP contribution in [0, 0.1) is 13.8 Å². The zero-order chi connectivity index (χ0) is 19.3. The molecule has 2 aromatic carbocycles. The summed E-state index contributed by atoms with van der Waals surface area (Å²) in [7, 11) is 0. The van der Waals surface area contributed by atoms with Gasteiger partial charge in [-0.15, -0.1) is 0 Å². The number of nitrogens with one attached hydrogen (secondary N) is 1. The first-order valence-electron chi connectivity index (χ1n) is 8.33. The number of hydrogen-bond acceptors (Lipinski definition) is 4. The molecule has 3 rings (SSSR count). The monoisotopic (exact) mass is 371 g/mol. The van der Waals surface area contributed by atoms with E-state index in [9.17, 15) is 4.79 Å². The standard InChI is InChI=1S/C18H16ClN3O2.C2H6/c1-10-5-11(2)7-13(6-10)22-18-21-9-16(24-18)12-3-4-14(17(20)23)15(19)8-12;1-2/h3-9H,1-2H3,(H2,20,23)(H,21,22);1-2H3. The van der Waals surface area contributed by atoms with Crippen molar-refractivity contribution >= 4 is 29.2 Å². The third-order valence-electron chi connectivity index (χ3n) is 3.50. The number of halogens is 1. The minimum Gasteiger partial charge on any atom is -0.423 e. The van der Waals surface area contributed by atoms with Gasteiger partial charge in [0.15, 0.2) is 5.76 Å². The lowest BCUT2D eigenvalue weighted by atomic mass is 10.1. The smallest absolute Gasteiger partial charge is 0.299 e. The molecule has 0 saturated carbocycles. The number of amides is 1. The summed E-state index contributed by atoms with van der Waals surface area (Å²) >= 11 is 6.07. The van der Waals surface area contributed by atoms with Gasteiger partial charge in [-0.05, 0) is 49.2 Å². The molecule has 3 aromatic rings. The zero-order valence-corrected chi connectivity index (χ0v) is 16.0. The van der Waals surface area contributed by atoms with E-state index in [0.717, 1.165) is 16.8 Å². The summed E-state index contributed by atoms with van der Waals surface area (Å²) in [5.41, 5.74) is 9.44. The highest BCUT2D eigenvalue weighted by atomic mass is 35.5. The van der Waals surface area contributed by atoms with E-state index < -0.39 is 5.91 Å². The molecule has 0 saturated heterocycles. The van der Waals surface area contributed by atoms with Crippen LogP contribution in [0.5, 0.6) is 0 Å². The molecule has 0 spiro atoms. The predicted octanol–water partition coefficient (Wildman–Crippen LogP) is 5.48. The maximum Gasteiger partial charge on any atom is 0.299 e. The Morgan fingerprint density at radius 3 is 2.35 bits per heavy atom. The van der Waals surface area contributed by atoms with Crippen molar-refractivity contribution in [1.29, 1.82) is 0 Å². The average molecular weight is 372 g/mol. The Balaban J connectivity index is 0.00000117. The van der Waals surface area contributed by atoms with Gasteiger partial charge in [0.2, 0.25) is 5.91 Å². The van der Waals surface area contributed by atoms with E-state index in [-0.39, 0.29) is 10.6 Å². The number of nitrogens with zero attached hydrogens (tertiary/aromatic N) is 1. The maximum absolute atomic E-state index is 11.2. The van der Waals surface area contributed by atoms with Crippen molar-refractivity contribution in [1.82, 2.24) is 4.98 Å². The van der Waals surface area contributed by atoms with Crippen LogP contribution >= 0.6 is 11.6 Å². The minimum absolute atomic E-state index is 0.272. The highest BCUT2D eigenvalue weighted by molar-refractivity contribution is 6.34. The number of carbonyl (C=O) groups is 1. The summed E-state index contributed by atoms with van der Waals surface area (Å²) in [6.45, 7) is 8.06. The molecule has 6 heteroatoms. The number of benzene rings is 2. The molecule has 0 aliphatic carbocycles. The molecule has 0 fully saturated rings. The lowest BCUT2D eigenvalue weighted by molar-refractivity contribution is 0.100. The van der Waals surface area contributed by atoms with Gasteiger partial charge >= 0.3 is 0 Å².